The topological polar surface area (TPSA) is 75.4 Å². The lowest BCUT2D eigenvalue weighted by atomic mass is 9.86. The van der Waals surface area contributed by atoms with Crippen molar-refractivity contribution in [3.05, 3.63) is 40.3 Å². The number of aromatic nitrogens is 2. The van der Waals surface area contributed by atoms with Gasteiger partial charge in [0.25, 0.3) is 5.56 Å². The smallest absolute Gasteiger partial charge is 0.360 e. The summed E-state index contributed by atoms with van der Waals surface area (Å²) < 4.78 is 1.78. The lowest BCUT2D eigenvalue weighted by Crippen LogP contribution is -2.52. The molecule has 2 saturated carbocycles. The fourth-order valence-electron chi connectivity index (χ4n) is 7.74. The van der Waals surface area contributed by atoms with Crippen LogP contribution in [0.4, 0.5) is 0 Å². The molecule has 4 aliphatic rings. The van der Waals surface area contributed by atoms with Crippen molar-refractivity contribution < 1.29 is 9.90 Å². The Morgan fingerprint density at radius 2 is 1.59 bits per heavy atom. The number of rotatable bonds is 3. The first kappa shape index (κ1) is 20.4. The van der Waals surface area contributed by atoms with Crippen LogP contribution in [0.25, 0.3) is 11.0 Å². The summed E-state index contributed by atoms with van der Waals surface area (Å²) in [7, 11) is 0. The molecular formula is C26H33N3O3. The number of benzene rings is 1. The Bertz CT molecular complexity index is 1070. The average molecular weight is 436 g/mol. The van der Waals surface area contributed by atoms with Crippen LogP contribution >= 0.6 is 0 Å². The van der Waals surface area contributed by atoms with E-state index in [0.29, 0.717) is 23.6 Å². The molecule has 170 valence electrons. The van der Waals surface area contributed by atoms with Crippen molar-refractivity contribution in [1.82, 2.24) is 14.5 Å². The van der Waals surface area contributed by atoms with Crippen molar-refractivity contribution in [2.75, 3.05) is 0 Å². The second kappa shape index (κ2) is 7.98. The Morgan fingerprint density at radius 3 is 2.28 bits per heavy atom. The number of carbonyl (C=O) groups is 1. The Hall–Kier alpha value is -2.21. The fourth-order valence-corrected chi connectivity index (χ4v) is 7.74. The maximum absolute atomic E-state index is 13.2. The van der Waals surface area contributed by atoms with E-state index >= 15 is 0 Å². The molecular weight excluding hydrogens is 402 g/mol. The predicted octanol–water partition coefficient (Wildman–Crippen LogP) is 4.62. The fraction of sp³-hybridized carbons (Fsp3) is 0.654. The van der Waals surface area contributed by atoms with Crippen LogP contribution in [0.5, 0.6) is 0 Å². The molecule has 2 aromatic rings. The Balaban J connectivity index is 1.35. The minimum Gasteiger partial charge on any atom is -0.476 e. The first-order valence-electron chi connectivity index (χ1n) is 12.6. The Kier molecular flexibility index (Phi) is 5.09. The SMILES string of the molecule is O=C(O)c1nc2ccccc2n([C@H]2C[C@H]3CC[C@@H](C2)N3[C@H]2CC3CCCC2CCC3)c1=O. The van der Waals surface area contributed by atoms with Crippen molar-refractivity contribution >= 4 is 17.0 Å². The van der Waals surface area contributed by atoms with E-state index in [1.807, 2.05) is 24.3 Å². The van der Waals surface area contributed by atoms with Crippen LogP contribution in [0, 0.1) is 11.8 Å². The van der Waals surface area contributed by atoms with Gasteiger partial charge >= 0.3 is 5.97 Å². The van der Waals surface area contributed by atoms with Crippen molar-refractivity contribution in [1.29, 1.82) is 0 Å². The molecule has 6 rings (SSSR count). The van der Waals surface area contributed by atoms with E-state index in [-0.39, 0.29) is 11.7 Å². The zero-order valence-corrected chi connectivity index (χ0v) is 18.7. The van der Waals surface area contributed by atoms with E-state index in [2.05, 4.69) is 9.88 Å². The molecule has 0 radical (unpaired) electrons. The number of hydrogen-bond acceptors (Lipinski definition) is 4. The van der Waals surface area contributed by atoms with Crippen LogP contribution in [0.15, 0.2) is 29.1 Å². The lowest BCUT2D eigenvalue weighted by molar-refractivity contribution is 0.0282. The highest BCUT2D eigenvalue weighted by atomic mass is 16.4. The molecule has 1 N–H and O–H groups in total. The second-order valence-electron chi connectivity index (χ2n) is 10.7. The molecule has 0 spiro atoms. The van der Waals surface area contributed by atoms with Crippen molar-refractivity contribution in [2.45, 2.75) is 94.8 Å². The lowest BCUT2D eigenvalue weighted by Gasteiger charge is -2.46. The van der Waals surface area contributed by atoms with Crippen molar-refractivity contribution in [2.24, 2.45) is 11.8 Å². The van der Waals surface area contributed by atoms with Crippen molar-refractivity contribution in [3.8, 4) is 0 Å². The van der Waals surface area contributed by atoms with E-state index in [0.717, 1.165) is 30.2 Å². The molecule has 2 aliphatic heterocycles. The van der Waals surface area contributed by atoms with Crippen molar-refractivity contribution in [3.63, 3.8) is 0 Å². The van der Waals surface area contributed by atoms with Crippen LogP contribution in [0.1, 0.15) is 87.2 Å². The summed E-state index contributed by atoms with van der Waals surface area (Å²) in [5, 5.41) is 9.61. The third kappa shape index (κ3) is 3.30. The third-order valence-corrected chi connectivity index (χ3v) is 9.00. The average Bonchev–Trinajstić information content (AvgIpc) is 2.96. The third-order valence-electron chi connectivity index (χ3n) is 9.00. The van der Waals surface area contributed by atoms with E-state index in [9.17, 15) is 14.7 Å². The van der Waals surface area contributed by atoms with Gasteiger partial charge in [-0.25, -0.2) is 9.78 Å². The van der Waals surface area contributed by atoms with Gasteiger partial charge in [0, 0.05) is 24.2 Å². The van der Waals surface area contributed by atoms with Gasteiger partial charge in [-0.2, -0.15) is 0 Å². The molecule has 3 heterocycles. The quantitative estimate of drug-likeness (QED) is 0.761. The van der Waals surface area contributed by atoms with E-state index < -0.39 is 11.5 Å². The maximum Gasteiger partial charge on any atom is 0.360 e. The summed E-state index contributed by atoms with van der Waals surface area (Å²) in [6.45, 7) is 0. The molecule has 4 fully saturated rings. The molecule has 4 bridgehead atoms. The van der Waals surface area contributed by atoms with Crippen LogP contribution in [-0.2, 0) is 0 Å². The van der Waals surface area contributed by atoms with Crippen LogP contribution in [0.3, 0.4) is 0 Å². The highest BCUT2D eigenvalue weighted by Gasteiger charge is 2.48. The highest BCUT2D eigenvalue weighted by Crippen LogP contribution is 2.48. The molecule has 1 aromatic carbocycles. The second-order valence-corrected chi connectivity index (χ2v) is 10.7. The van der Waals surface area contributed by atoms with Gasteiger partial charge in [-0.05, 0) is 68.9 Å². The first-order valence-corrected chi connectivity index (χ1v) is 12.6. The number of hydrogen-bond donors (Lipinski definition) is 1. The normalized spacial score (nSPS) is 35.0. The Labute approximate surface area is 188 Å². The van der Waals surface area contributed by atoms with Gasteiger partial charge in [0.15, 0.2) is 0 Å². The number of carboxylic acids is 1. The molecule has 4 atom stereocenters. The number of piperidine rings is 1. The number of nitrogens with zero attached hydrogens (tertiary/aromatic N) is 3. The summed E-state index contributed by atoms with van der Waals surface area (Å²) in [6.07, 6.45) is 14.1. The molecule has 2 aliphatic carbocycles. The highest BCUT2D eigenvalue weighted by molar-refractivity contribution is 5.88. The minimum absolute atomic E-state index is 0.0485. The van der Waals surface area contributed by atoms with Crippen LogP contribution in [0.2, 0.25) is 0 Å². The summed E-state index contributed by atoms with van der Waals surface area (Å²) in [5.41, 5.74) is 0.568. The van der Waals surface area contributed by atoms with Crippen LogP contribution in [-0.4, -0.2) is 43.7 Å². The number of fused-ring (bicyclic) bond motifs is 7. The number of carboxylic acid groups (broad SMARTS) is 1. The predicted molar refractivity (Wildman–Crippen MR) is 123 cm³/mol. The summed E-state index contributed by atoms with van der Waals surface area (Å²) in [5.74, 6) is 0.500. The minimum atomic E-state index is -1.24. The first-order chi connectivity index (χ1) is 15.6. The monoisotopic (exact) mass is 435 g/mol. The van der Waals surface area contributed by atoms with E-state index in [1.54, 1.807) is 4.57 Å². The van der Waals surface area contributed by atoms with Gasteiger partial charge in [-0.3, -0.25) is 9.69 Å². The zero-order valence-electron chi connectivity index (χ0n) is 18.7. The van der Waals surface area contributed by atoms with Gasteiger partial charge in [-0.15, -0.1) is 0 Å². The number of aromatic carboxylic acids is 1. The molecule has 6 nitrogen and oxygen atoms in total. The molecule has 0 amide bonds. The van der Waals surface area contributed by atoms with E-state index in [4.69, 9.17) is 0 Å². The van der Waals surface area contributed by atoms with Gasteiger partial charge in [0.2, 0.25) is 5.69 Å². The molecule has 2 saturated heterocycles. The molecule has 32 heavy (non-hydrogen) atoms. The zero-order chi connectivity index (χ0) is 21.8. The molecule has 6 heteroatoms. The van der Waals surface area contributed by atoms with Gasteiger partial charge in [-0.1, -0.05) is 37.8 Å². The Morgan fingerprint density at radius 1 is 0.906 bits per heavy atom. The standard InChI is InChI=1S/C26H33N3O3/c30-25-24(26(31)32)27-21-9-1-2-10-22(21)29(25)20-14-18-11-12-19(15-20)28(18)23-13-16-5-3-7-17(23)8-4-6-16/h1-2,9-10,16-20,23H,3-8,11-15H2,(H,31,32)/t16?,17?,18-,19+,20+,23-/m0/s1. The number of para-hydroxylation sites is 2. The molecule has 1 aromatic heterocycles. The van der Waals surface area contributed by atoms with Gasteiger partial charge in [0.05, 0.1) is 11.0 Å². The largest absolute Gasteiger partial charge is 0.476 e. The van der Waals surface area contributed by atoms with Crippen LogP contribution < -0.4 is 5.56 Å². The summed E-state index contributed by atoms with van der Waals surface area (Å²) in [6, 6.07) is 9.27. The van der Waals surface area contributed by atoms with Gasteiger partial charge < -0.3 is 9.67 Å². The summed E-state index contributed by atoms with van der Waals surface area (Å²) >= 11 is 0. The summed E-state index contributed by atoms with van der Waals surface area (Å²) in [4.78, 5) is 32.1. The van der Waals surface area contributed by atoms with Gasteiger partial charge in [0.1, 0.15) is 0 Å². The molecule has 0 unspecified atom stereocenters. The van der Waals surface area contributed by atoms with E-state index in [1.165, 1.54) is 57.8 Å². The maximum atomic E-state index is 13.2.